The van der Waals surface area contributed by atoms with Gasteiger partial charge in [-0.05, 0) is 30.2 Å². The van der Waals surface area contributed by atoms with Gasteiger partial charge in [0, 0.05) is 13.1 Å². The SMILES string of the molecule is CC(C)COC(=NC(=O)c1cccs1)N1CCCC1. The average Bonchev–Trinajstić information content (AvgIpc) is 3.05. The summed E-state index contributed by atoms with van der Waals surface area (Å²) in [4.78, 5) is 18.9. The molecule has 0 bridgehead atoms. The van der Waals surface area contributed by atoms with Gasteiger partial charge in [-0.1, -0.05) is 19.9 Å². The van der Waals surface area contributed by atoms with Gasteiger partial charge in [-0.25, -0.2) is 0 Å². The first kappa shape index (κ1) is 14.1. The number of ether oxygens (including phenoxy) is 1. The lowest BCUT2D eigenvalue weighted by atomic mass is 10.2. The van der Waals surface area contributed by atoms with E-state index in [1.807, 2.05) is 11.4 Å². The van der Waals surface area contributed by atoms with Gasteiger partial charge in [-0.15, -0.1) is 11.3 Å². The van der Waals surface area contributed by atoms with Crippen LogP contribution in [-0.2, 0) is 4.74 Å². The molecule has 0 aliphatic carbocycles. The molecular weight excluding hydrogens is 260 g/mol. The second kappa shape index (κ2) is 6.70. The molecule has 1 aromatic rings. The number of rotatable bonds is 3. The second-order valence-corrected chi connectivity index (χ2v) is 6.02. The molecule has 0 atom stereocenters. The summed E-state index contributed by atoms with van der Waals surface area (Å²) in [5.74, 6) is 0.213. The van der Waals surface area contributed by atoms with E-state index in [9.17, 15) is 4.79 Å². The summed E-state index contributed by atoms with van der Waals surface area (Å²) >= 11 is 1.41. The molecule has 2 rings (SSSR count). The Morgan fingerprint density at radius 1 is 1.47 bits per heavy atom. The normalized spacial score (nSPS) is 16.2. The number of hydrogen-bond acceptors (Lipinski definition) is 3. The molecule has 1 aromatic heterocycles. The maximum Gasteiger partial charge on any atom is 0.295 e. The maximum atomic E-state index is 12.0. The minimum absolute atomic E-state index is 0.208. The zero-order valence-corrected chi connectivity index (χ0v) is 12.3. The molecule has 0 aromatic carbocycles. The number of hydrogen-bond donors (Lipinski definition) is 0. The Bertz CT molecular complexity index is 434. The van der Waals surface area contributed by atoms with Gasteiger partial charge in [0.15, 0.2) is 0 Å². The van der Waals surface area contributed by atoms with Crippen molar-refractivity contribution >= 4 is 23.3 Å². The minimum Gasteiger partial charge on any atom is -0.465 e. The first-order valence-corrected chi connectivity index (χ1v) is 7.59. The van der Waals surface area contributed by atoms with Crippen molar-refractivity contribution in [2.75, 3.05) is 19.7 Å². The molecule has 1 aliphatic heterocycles. The van der Waals surface area contributed by atoms with Crippen LogP contribution in [0, 0.1) is 5.92 Å². The smallest absolute Gasteiger partial charge is 0.295 e. The number of likely N-dealkylation sites (tertiary alicyclic amines) is 1. The molecule has 0 saturated carbocycles. The van der Waals surface area contributed by atoms with Crippen LogP contribution in [0.2, 0.25) is 0 Å². The number of carbonyl (C=O) groups is 1. The highest BCUT2D eigenvalue weighted by atomic mass is 32.1. The van der Waals surface area contributed by atoms with Crippen LogP contribution in [0.1, 0.15) is 36.4 Å². The summed E-state index contributed by atoms with van der Waals surface area (Å²) in [6, 6.07) is 4.14. The standard InChI is InChI=1S/C14H20N2O2S/c1-11(2)10-18-14(16-7-3-4-8-16)15-13(17)12-6-5-9-19-12/h5-6,9,11H,3-4,7-8,10H2,1-2H3. The fraction of sp³-hybridized carbons (Fsp3) is 0.571. The molecule has 19 heavy (non-hydrogen) atoms. The fourth-order valence-corrected chi connectivity index (χ4v) is 2.49. The molecule has 104 valence electrons. The third kappa shape index (κ3) is 4.06. The fourth-order valence-electron chi connectivity index (χ4n) is 1.89. The highest BCUT2D eigenvalue weighted by molar-refractivity contribution is 7.12. The molecule has 5 heteroatoms. The number of thiophene rings is 1. The van der Waals surface area contributed by atoms with E-state index in [-0.39, 0.29) is 5.91 Å². The summed E-state index contributed by atoms with van der Waals surface area (Å²) in [6.07, 6.45) is 2.27. The molecule has 0 N–H and O–H groups in total. The van der Waals surface area contributed by atoms with Crippen molar-refractivity contribution in [3.05, 3.63) is 22.4 Å². The summed E-state index contributed by atoms with van der Waals surface area (Å²) in [5.41, 5.74) is 0. The quantitative estimate of drug-likeness (QED) is 0.631. The van der Waals surface area contributed by atoms with Gasteiger partial charge in [-0.3, -0.25) is 4.79 Å². The van der Waals surface area contributed by atoms with Crippen LogP contribution in [0.15, 0.2) is 22.5 Å². The van der Waals surface area contributed by atoms with E-state index in [1.165, 1.54) is 11.3 Å². The lowest BCUT2D eigenvalue weighted by Gasteiger charge is -2.20. The molecule has 2 heterocycles. The molecular formula is C14H20N2O2S. The minimum atomic E-state index is -0.208. The molecule has 4 nitrogen and oxygen atoms in total. The lowest BCUT2D eigenvalue weighted by Crippen LogP contribution is -2.32. The Morgan fingerprint density at radius 2 is 2.21 bits per heavy atom. The van der Waals surface area contributed by atoms with Crippen molar-refractivity contribution in [3.63, 3.8) is 0 Å². The van der Waals surface area contributed by atoms with Crippen LogP contribution < -0.4 is 0 Å². The number of amides is 1. The lowest BCUT2D eigenvalue weighted by molar-refractivity contribution is 0.0996. The van der Waals surface area contributed by atoms with Crippen LogP contribution in [0.5, 0.6) is 0 Å². The second-order valence-electron chi connectivity index (χ2n) is 5.08. The molecule has 1 saturated heterocycles. The van der Waals surface area contributed by atoms with Crippen LogP contribution in [0.25, 0.3) is 0 Å². The van der Waals surface area contributed by atoms with Gasteiger partial charge in [0.1, 0.15) is 0 Å². The zero-order chi connectivity index (χ0) is 13.7. The van der Waals surface area contributed by atoms with Crippen molar-refractivity contribution in [3.8, 4) is 0 Å². The van der Waals surface area contributed by atoms with Crippen LogP contribution in [-0.4, -0.2) is 36.5 Å². The van der Waals surface area contributed by atoms with E-state index < -0.39 is 0 Å². The Labute approximate surface area is 118 Å². The predicted molar refractivity (Wildman–Crippen MR) is 77.7 cm³/mol. The Morgan fingerprint density at radius 3 is 2.79 bits per heavy atom. The van der Waals surface area contributed by atoms with Gasteiger partial charge in [0.25, 0.3) is 11.9 Å². The molecule has 1 aliphatic rings. The van der Waals surface area contributed by atoms with Crippen LogP contribution in [0.4, 0.5) is 0 Å². The monoisotopic (exact) mass is 280 g/mol. The molecule has 0 radical (unpaired) electrons. The third-order valence-corrected chi connectivity index (χ3v) is 3.71. The van der Waals surface area contributed by atoms with Gasteiger partial charge in [0.2, 0.25) is 0 Å². The van der Waals surface area contributed by atoms with Gasteiger partial charge in [0.05, 0.1) is 11.5 Å². The summed E-state index contributed by atoms with van der Waals surface area (Å²) in [6.45, 7) is 6.61. The largest absolute Gasteiger partial charge is 0.465 e. The predicted octanol–water partition coefficient (Wildman–Crippen LogP) is 3.01. The van der Waals surface area contributed by atoms with Crippen molar-refractivity contribution in [2.24, 2.45) is 10.9 Å². The Hall–Kier alpha value is -1.36. The molecule has 1 fully saturated rings. The molecule has 1 amide bonds. The first-order valence-electron chi connectivity index (χ1n) is 6.71. The highest BCUT2D eigenvalue weighted by Crippen LogP contribution is 2.13. The van der Waals surface area contributed by atoms with Crippen LogP contribution in [0.3, 0.4) is 0 Å². The van der Waals surface area contributed by atoms with E-state index >= 15 is 0 Å². The summed E-state index contributed by atoms with van der Waals surface area (Å²) < 4.78 is 5.72. The average molecular weight is 280 g/mol. The van der Waals surface area contributed by atoms with Gasteiger partial charge < -0.3 is 9.64 Å². The van der Waals surface area contributed by atoms with E-state index in [0.717, 1.165) is 25.9 Å². The van der Waals surface area contributed by atoms with Gasteiger partial charge in [-0.2, -0.15) is 4.99 Å². The number of nitrogens with zero attached hydrogens (tertiary/aromatic N) is 2. The molecule has 0 spiro atoms. The topological polar surface area (TPSA) is 41.9 Å². The number of carbonyl (C=O) groups excluding carboxylic acids is 1. The summed E-state index contributed by atoms with van der Waals surface area (Å²) in [5, 5.41) is 1.88. The van der Waals surface area contributed by atoms with E-state index in [4.69, 9.17) is 4.74 Å². The van der Waals surface area contributed by atoms with E-state index in [0.29, 0.717) is 23.4 Å². The Kier molecular flexibility index (Phi) is 4.96. The zero-order valence-electron chi connectivity index (χ0n) is 11.5. The highest BCUT2D eigenvalue weighted by Gasteiger charge is 2.20. The van der Waals surface area contributed by atoms with Crippen molar-refractivity contribution in [1.82, 2.24) is 4.90 Å². The Balaban J connectivity index is 2.08. The maximum absolute atomic E-state index is 12.0. The third-order valence-electron chi connectivity index (χ3n) is 2.85. The van der Waals surface area contributed by atoms with Crippen molar-refractivity contribution < 1.29 is 9.53 Å². The van der Waals surface area contributed by atoms with Crippen molar-refractivity contribution in [1.29, 1.82) is 0 Å². The van der Waals surface area contributed by atoms with E-state index in [1.54, 1.807) is 6.07 Å². The van der Waals surface area contributed by atoms with E-state index in [2.05, 4.69) is 23.7 Å². The number of amidine groups is 1. The van der Waals surface area contributed by atoms with Gasteiger partial charge >= 0.3 is 0 Å². The summed E-state index contributed by atoms with van der Waals surface area (Å²) in [7, 11) is 0. The van der Waals surface area contributed by atoms with Crippen molar-refractivity contribution in [2.45, 2.75) is 26.7 Å². The van der Waals surface area contributed by atoms with Crippen LogP contribution >= 0.6 is 11.3 Å². The number of aliphatic imine (C=N–C) groups is 1. The first-order chi connectivity index (χ1) is 9.16. The molecule has 0 unspecified atom stereocenters.